The van der Waals surface area contributed by atoms with Gasteiger partial charge in [-0.15, -0.1) is 0 Å². The summed E-state index contributed by atoms with van der Waals surface area (Å²) in [5, 5.41) is 31.7. The maximum atomic E-state index is 13.4. The fourth-order valence-corrected chi connectivity index (χ4v) is 7.54. The number of carbonyl (C=O) groups excluding carboxylic acids is 2. The van der Waals surface area contributed by atoms with Crippen LogP contribution in [0.4, 0.5) is 73.6 Å². The Morgan fingerprint density at radius 3 is 1.09 bits per heavy atom. The number of urea groups is 2. The number of hydrogen-bond donors (Lipinski definition) is 6. The lowest BCUT2D eigenvalue weighted by Gasteiger charge is -2.26. The van der Waals surface area contributed by atoms with E-state index in [-0.39, 0.29) is 47.8 Å². The Morgan fingerprint density at radius 2 is 0.814 bits per heavy atom. The monoisotopic (exact) mass is 1000 g/mol. The van der Waals surface area contributed by atoms with Gasteiger partial charge in [0.2, 0.25) is 0 Å². The number of nitrogens with one attached hydrogen (secondary N) is 4. The van der Waals surface area contributed by atoms with Crippen LogP contribution in [0.3, 0.4) is 0 Å². The third kappa shape index (κ3) is 14.5. The first-order valence-electron chi connectivity index (χ1n) is 21.6. The fourth-order valence-electron chi connectivity index (χ4n) is 7.54. The number of benzene rings is 4. The van der Waals surface area contributed by atoms with Gasteiger partial charge in [-0.05, 0) is 95.5 Å². The second kappa shape index (κ2) is 20.5. The summed E-state index contributed by atoms with van der Waals surface area (Å²) in [5.74, 6) is -0.271. The number of halogens is 12. The van der Waals surface area contributed by atoms with E-state index in [0.29, 0.717) is 59.4 Å². The van der Waals surface area contributed by atoms with Crippen molar-refractivity contribution in [3.8, 4) is 11.5 Å². The molecule has 0 spiro atoms. The average molecular weight is 1000 g/mol. The summed E-state index contributed by atoms with van der Waals surface area (Å²) >= 11 is 0. The van der Waals surface area contributed by atoms with Gasteiger partial charge in [0.15, 0.2) is 0 Å². The lowest BCUT2D eigenvalue weighted by molar-refractivity contribution is -0.144. The first kappa shape index (κ1) is 54.5. The highest BCUT2D eigenvalue weighted by Gasteiger charge is 2.39. The molecule has 0 saturated heterocycles. The zero-order valence-electron chi connectivity index (χ0n) is 38.5. The van der Waals surface area contributed by atoms with Gasteiger partial charge in [0.25, 0.3) is 0 Å². The highest BCUT2D eigenvalue weighted by molar-refractivity contribution is 5.91. The van der Waals surface area contributed by atoms with Gasteiger partial charge < -0.3 is 31.5 Å². The van der Waals surface area contributed by atoms with Crippen molar-refractivity contribution >= 4 is 35.9 Å². The molecule has 4 aromatic rings. The van der Waals surface area contributed by atoms with Gasteiger partial charge in [0.1, 0.15) is 11.5 Å². The molecule has 0 heterocycles. The minimum absolute atomic E-state index is 0.0661. The summed E-state index contributed by atoms with van der Waals surface area (Å²) < 4.78 is 161. The molecule has 1 fully saturated rings. The molecule has 1 aliphatic rings. The normalized spacial score (nSPS) is 16.4. The standard InChI is InChI=1S/C48H50F12N6O4/c1-43(2,3)35-13-25(21-63-41(69)65-33-17-29(45(49,50)51)15-30(18-33)46(52,53)54)11-27(39(35)67)23-61-37-9-7-8-10-38(37)62-24-28-12-26(14-36(40(28)68)44(4,5)6)22-64-42(70)66-34-19-31(47(55,56)57)16-32(20-34)48(58,59)60/h11-20,23-24,37-38,67-68H,7-10,21-22H2,1-6H3,(H2,63,65,69)(H2,64,66,70)/t37-,38-/m1/s1. The first-order chi connectivity index (χ1) is 32.1. The van der Waals surface area contributed by atoms with E-state index in [2.05, 4.69) is 10.6 Å². The number of anilines is 2. The van der Waals surface area contributed by atoms with Crippen LogP contribution in [0.1, 0.15) is 123 Å². The van der Waals surface area contributed by atoms with Gasteiger partial charge in [-0.3, -0.25) is 9.98 Å². The summed E-state index contributed by atoms with van der Waals surface area (Å²) in [5.41, 5.74) is -7.14. The van der Waals surface area contributed by atoms with E-state index in [1.807, 2.05) is 52.2 Å². The molecule has 0 bridgehead atoms. The van der Waals surface area contributed by atoms with Crippen molar-refractivity contribution in [1.82, 2.24) is 10.6 Å². The number of alkyl halides is 12. The van der Waals surface area contributed by atoms with Crippen LogP contribution in [0.15, 0.2) is 70.6 Å². The number of carbonyl (C=O) groups is 2. The van der Waals surface area contributed by atoms with Crippen LogP contribution >= 0.6 is 0 Å². The molecular formula is C48H50F12N6O4. The van der Waals surface area contributed by atoms with Crippen LogP contribution in [0, 0.1) is 0 Å². The van der Waals surface area contributed by atoms with Crippen molar-refractivity contribution in [1.29, 1.82) is 0 Å². The Morgan fingerprint density at radius 1 is 0.514 bits per heavy atom. The third-order valence-electron chi connectivity index (χ3n) is 11.1. The van der Waals surface area contributed by atoms with Crippen molar-refractivity contribution in [3.05, 3.63) is 116 Å². The zero-order chi connectivity index (χ0) is 52.4. The highest BCUT2D eigenvalue weighted by Crippen LogP contribution is 2.40. The molecule has 2 atom stereocenters. The Labute approximate surface area is 394 Å². The number of phenolic OH excluding ortho intramolecular Hbond substituents is 2. The minimum atomic E-state index is -5.13. The maximum absolute atomic E-state index is 13.4. The molecule has 22 heteroatoms. The molecule has 380 valence electrons. The van der Waals surface area contributed by atoms with Crippen LogP contribution in [0.5, 0.6) is 11.5 Å². The number of phenols is 2. The number of rotatable bonds is 10. The van der Waals surface area contributed by atoms with E-state index in [4.69, 9.17) is 9.98 Å². The van der Waals surface area contributed by atoms with Gasteiger partial charge in [-0.1, -0.05) is 54.4 Å². The van der Waals surface area contributed by atoms with E-state index < -0.39 is 93.3 Å². The maximum Gasteiger partial charge on any atom is 0.416 e. The Balaban J connectivity index is 1.35. The molecule has 1 saturated carbocycles. The molecule has 0 radical (unpaired) electrons. The average Bonchev–Trinajstić information content (AvgIpc) is 3.22. The van der Waals surface area contributed by atoms with Gasteiger partial charge in [0.05, 0.1) is 34.3 Å². The zero-order valence-corrected chi connectivity index (χ0v) is 38.5. The SMILES string of the molecule is CC(C)(C)c1cc(CNC(=O)Nc2cc(C(F)(F)F)cc(C(F)(F)F)c2)cc(C=N[C@@H]2CCCC[C@H]2N=Cc2cc(CNC(=O)Nc3cc(C(F)(F)F)cc(C(F)(F)F)c3)cc(C(C)(C)C)c2O)c1O. The second-order valence-corrected chi connectivity index (χ2v) is 18.8. The molecule has 10 nitrogen and oxygen atoms in total. The fraction of sp³-hybridized carbons (Fsp3) is 0.417. The molecule has 6 N–H and O–H groups in total. The van der Waals surface area contributed by atoms with Crippen LogP contribution in [0.2, 0.25) is 0 Å². The smallest absolute Gasteiger partial charge is 0.416 e. The lowest BCUT2D eigenvalue weighted by atomic mass is 9.84. The summed E-state index contributed by atoms with van der Waals surface area (Å²) in [6.07, 6.45) is -15.0. The van der Waals surface area contributed by atoms with Crippen molar-refractivity contribution < 1.29 is 72.5 Å². The quantitative estimate of drug-likeness (QED) is 0.0693. The summed E-state index contributed by atoms with van der Waals surface area (Å²) in [6.45, 7) is 10.3. The summed E-state index contributed by atoms with van der Waals surface area (Å²) in [4.78, 5) is 35.2. The number of aromatic hydroxyl groups is 2. The molecule has 4 amide bonds. The molecule has 1 aliphatic carbocycles. The van der Waals surface area contributed by atoms with Crippen molar-refractivity contribution in [2.75, 3.05) is 10.6 Å². The second-order valence-electron chi connectivity index (χ2n) is 18.8. The Bertz CT molecular complexity index is 2380. The number of hydrogen-bond acceptors (Lipinski definition) is 6. The van der Waals surface area contributed by atoms with Crippen molar-refractivity contribution in [2.24, 2.45) is 9.98 Å². The van der Waals surface area contributed by atoms with E-state index in [1.165, 1.54) is 24.6 Å². The highest BCUT2D eigenvalue weighted by atomic mass is 19.4. The van der Waals surface area contributed by atoms with Gasteiger partial charge in [0, 0.05) is 59.1 Å². The molecule has 5 rings (SSSR count). The molecule has 4 aromatic carbocycles. The third-order valence-corrected chi connectivity index (χ3v) is 11.1. The molecule has 70 heavy (non-hydrogen) atoms. The molecular weight excluding hydrogens is 953 g/mol. The lowest BCUT2D eigenvalue weighted by Crippen LogP contribution is -2.29. The van der Waals surface area contributed by atoms with Crippen LogP contribution in [0.25, 0.3) is 0 Å². The van der Waals surface area contributed by atoms with Gasteiger partial charge >= 0.3 is 36.8 Å². The van der Waals surface area contributed by atoms with Crippen molar-refractivity contribution in [3.63, 3.8) is 0 Å². The first-order valence-corrected chi connectivity index (χ1v) is 21.6. The number of aliphatic imine (C=N–C) groups is 2. The Hall–Kier alpha value is -6.48. The molecule has 0 aliphatic heterocycles. The molecule has 0 unspecified atom stereocenters. The summed E-state index contributed by atoms with van der Waals surface area (Å²) in [6, 6.07) is 4.43. The van der Waals surface area contributed by atoms with Crippen LogP contribution in [-0.2, 0) is 48.6 Å². The topological polar surface area (TPSA) is 147 Å². The van der Waals surface area contributed by atoms with Crippen LogP contribution in [-0.4, -0.2) is 46.8 Å². The van der Waals surface area contributed by atoms with E-state index in [0.717, 1.165) is 12.8 Å². The van der Waals surface area contributed by atoms with Gasteiger partial charge in [-0.25, -0.2) is 9.59 Å². The van der Waals surface area contributed by atoms with Crippen LogP contribution < -0.4 is 21.3 Å². The predicted molar refractivity (Wildman–Crippen MR) is 239 cm³/mol. The van der Waals surface area contributed by atoms with E-state index >= 15 is 0 Å². The minimum Gasteiger partial charge on any atom is -0.507 e. The van der Waals surface area contributed by atoms with E-state index in [9.17, 15) is 72.5 Å². The van der Waals surface area contributed by atoms with E-state index in [1.54, 1.807) is 12.1 Å². The Kier molecular flexibility index (Phi) is 15.9. The van der Waals surface area contributed by atoms with Gasteiger partial charge in [-0.2, -0.15) is 52.7 Å². The predicted octanol–water partition coefficient (Wildman–Crippen LogP) is 13.3. The molecule has 0 aromatic heterocycles. The summed E-state index contributed by atoms with van der Waals surface area (Å²) in [7, 11) is 0. The van der Waals surface area contributed by atoms with Crippen molar-refractivity contribution in [2.45, 2.75) is 128 Å². The number of nitrogens with zero attached hydrogens (tertiary/aromatic N) is 2. The number of amides is 4. The largest absolute Gasteiger partial charge is 0.507 e.